The highest BCUT2D eigenvalue weighted by Crippen LogP contribution is 2.30. The van der Waals surface area contributed by atoms with Gasteiger partial charge in [0.05, 0.1) is 7.11 Å². The van der Waals surface area contributed by atoms with Gasteiger partial charge in [0.1, 0.15) is 5.75 Å². The van der Waals surface area contributed by atoms with Crippen molar-refractivity contribution >= 4 is 11.6 Å². The van der Waals surface area contributed by atoms with Crippen molar-refractivity contribution < 1.29 is 4.74 Å². The maximum absolute atomic E-state index is 6.13. The van der Waals surface area contributed by atoms with Crippen molar-refractivity contribution in [2.45, 2.75) is 26.3 Å². The summed E-state index contributed by atoms with van der Waals surface area (Å²) in [6.45, 7) is 4.31. The van der Waals surface area contributed by atoms with Crippen molar-refractivity contribution in [1.82, 2.24) is 5.32 Å². The number of rotatable bonds is 5. The number of ether oxygens (including phenoxy) is 1. The minimum absolute atomic E-state index is 0.235. The van der Waals surface area contributed by atoms with Crippen LogP contribution in [0.2, 0.25) is 5.02 Å². The molecule has 0 aliphatic carbocycles. The normalized spacial score (nSPS) is 12.2. The molecule has 0 bridgehead atoms. The monoisotopic (exact) mass is 303 g/mol. The lowest BCUT2D eigenvalue weighted by Gasteiger charge is -2.22. The van der Waals surface area contributed by atoms with Crippen molar-refractivity contribution in [1.29, 1.82) is 0 Å². The van der Waals surface area contributed by atoms with Gasteiger partial charge in [-0.25, -0.2) is 0 Å². The van der Waals surface area contributed by atoms with E-state index in [0.29, 0.717) is 0 Å². The molecule has 0 heterocycles. The van der Waals surface area contributed by atoms with E-state index in [1.807, 2.05) is 25.2 Å². The SMILES string of the molecule is CNC(Cc1cc(Cl)ccc1OC)c1c(C)cccc1C. The molecule has 3 heteroatoms. The average molecular weight is 304 g/mol. The van der Waals surface area contributed by atoms with E-state index in [1.54, 1.807) is 7.11 Å². The standard InChI is InChI=1S/C18H22ClNO/c1-12-6-5-7-13(2)18(12)16(20-3)11-14-10-15(19)8-9-17(14)21-4/h5-10,16,20H,11H2,1-4H3. The van der Waals surface area contributed by atoms with Gasteiger partial charge in [-0.2, -0.15) is 0 Å². The molecule has 2 rings (SSSR count). The van der Waals surface area contributed by atoms with Crippen molar-refractivity contribution in [2.24, 2.45) is 0 Å². The number of halogens is 1. The highest BCUT2D eigenvalue weighted by molar-refractivity contribution is 6.30. The van der Waals surface area contributed by atoms with Crippen molar-refractivity contribution in [3.63, 3.8) is 0 Å². The Morgan fingerprint density at radius 3 is 2.38 bits per heavy atom. The number of methoxy groups -OCH3 is 1. The van der Waals surface area contributed by atoms with Gasteiger partial charge in [0, 0.05) is 11.1 Å². The molecule has 0 radical (unpaired) electrons. The second-order valence-electron chi connectivity index (χ2n) is 5.31. The average Bonchev–Trinajstić information content (AvgIpc) is 2.46. The van der Waals surface area contributed by atoms with Crippen LogP contribution in [0.1, 0.15) is 28.3 Å². The summed E-state index contributed by atoms with van der Waals surface area (Å²) in [6, 6.07) is 12.4. The molecular formula is C18H22ClNO. The zero-order valence-corrected chi connectivity index (χ0v) is 13.8. The smallest absolute Gasteiger partial charge is 0.122 e. The molecule has 2 aromatic rings. The van der Waals surface area contributed by atoms with Gasteiger partial charge < -0.3 is 10.1 Å². The lowest BCUT2D eigenvalue weighted by Crippen LogP contribution is -2.21. The first-order valence-electron chi connectivity index (χ1n) is 7.12. The number of hydrogen-bond acceptors (Lipinski definition) is 2. The van der Waals surface area contributed by atoms with Crippen LogP contribution < -0.4 is 10.1 Å². The molecule has 1 atom stereocenters. The highest BCUT2D eigenvalue weighted by Gasteiger charge is 2.17. The third-order valence-corrected chi connectivity index (χ3v) is 4.14. The summed E-state index contributed by atoms with van der Waals surface area (Å²) >= 11 is 6.13. The minimum atomic E-state index is 0.235. The first kappa shape index (κ1) is 15.9. The van der Waals surface area contributed by atoms with Crippen LogP contribution in [-0.2, 0) is 6.42 Å². The Labute approximate surface area is 132 Å². The molecule has 0 saturated heterocycles. The zero-order valence-electron chi connectivity index (χ0n) is 13.0. The summed E-state index contributed by atoms with van der Waals surface area (Å²) in [7, 11) is 3.69. The Hall–Kier alpha value is -1.51. The van der Waals surface area contributed by atoms with E-state index in [0.717, 1.165) is 22.8 Å². The molecule has 0 fully saturated rings. The number of nitrogens with one attached hydrogen (secondary N) is 1. The largest absolute Gasteiger partial charge is 0.496 e. The number of likely N-dealkylation sites (N-methyl/N-ethyl adjacent to an activating group) is 1. The molecule has 0 saturated carbocycles. The van der Waals surface area contributed by atoms with E-state index in [-0.39, 0.29) is 6.04 Å². The molecule has 21 heavy (non-hydrogen) atoms. The molecule has 1 N–H and O–H groups in total. The van der Waals surface area contributed by atoms with E-state index in [4.69, 9.17) is 16.3 Å². The summed E-state index contributed by atoms with van der Waals surface area (Å²) in [4.78, 5) is 0. The van der Waals surface area contributed by atoms with E-state index >= 15 is 0 Å². The Bertz CT molecular complexity index is 604. The van der Waals surface area contributed by atoms with Gasteiger partial charge in [-0.15, -0.1) is 0 Å². The van der Waals surface area contributed by atoms with Gasteiger partial charge in [0.15, 0.2) is 0 Å². The Balaban J connectivity index is 2.38. The van der Waals surface area contributed by atoms with Crippen LogP contribution >= 0.6 is 11.6 Å². The number of benzene rings is 2. The number of hydrogen-bond donors (Lipinski definition) is 1. The minimum Gasteiger partial charge on any atom is -0.496 e. The maximum atomic E-state index is 6.13. The van der Waals surface area contributed by atoms with E-state index in [9.17, 15) is 0 Å². The lowest BCUT2D eigenvalue weighted by atomic mass is 9.91. The molecule has 1 unspecified atom stereocenters. The summed E-state index contributed by atoms with van der Waals surface area (Å²) in [5, 5.41) is 4.16. The highest BCUT2D eigenvalue weighted by atomic mass is 35.5. The second kappa shape index (κ2) is 6.97. The molecule has 112 valence electrons. The van der Waals surface area contributed by atoms with Crippen LogP contribution in [0.3, 0.4) is 0 Å². The molecule has 2 nitrogen and oxygen atoms in total. The summed E-state index contributed by atoms with van der Waals surface area (Å²) in [5.74, 6) is 0.880. The van der Waals surface area contributed by atoms with Gasteiger partial charge in [-0.05, 0) is 67.8 Å². The molecular weight excluding hydrogens is 282 g/mol. The molecule has 2 aromatic carbocycles. The van der Waals surface area contributed by atoms with Crippen LogP contribution in [0.4, 0.5) is 0 Å². The molecule has 0 aliphatic heterocycles. The van der Waals surface area contributed by atoms with Gasteiger partial charge in [-0.1, -0.05) is 29.8 Å². The first-order valence-corrected chi connectivity index (χ1v) is 7.50. The summed E-state index contributed by atoms with van der Waals surface area (Å²) < 4.78 is 5.46. The third-order valence-electron chi connectivity index (χ3n) is 3.91. The lowest BCUT2D eigenvalue weighted by molar-refractivity contribution is 0.406. The topological polar surface area (TPSA) is 21.3 Å². The van der Waals surface area contributed by atoms with Crippen LogP contribution in [-0.4, -0.2) is 14.2 Å². The van der Waals surface area contributed by atoms with Crippen molar-refractivity contribution in [3.05, 3.63) is 63.7 Å². The van der Waals surface area contributed by atoms with Gasteiger partial charge in [0.2, 0.25) is 0 Å². The predicted molar refractivity (Wildman–Crippen MR) is 89.4 cm³/mol. The van der Waals surface area contributed by atoms with Crippen LogP contribution in [0.5, 0.6) is 5.75 Å². The van der Waals surface area contributed by atoms with Crippen molar-refractivity contribution in [3.8, 4) is 5.75 Å². The predicted octanol–water partition coefficient (Wildman–Crippen LogP) is 4.47. The zero-order chi connectivity index (χ0) is 15.4. The van der Waals surface area contributed by atoms with Crippen LogP contribution in [0.25, 0.3) is 0 Å². The Morgan fingerprint density at radius 2 is 1.81 bits per heavy atom. The van der Waals surface area contributed by atoms with E-state index in [1.165, 1.54) is 16.7 Å². The van der Waals surface area contributed by atoms with E-state index in [2.05, 4.69) is 37.4 Å². The molecule has 0 spiro atoms. The fourth-order valence-electron chi connectivity index (χ4n) is 2.85. The molecule has 0 aromatic heterocycles. The van der Waals surface area contributed by atoms with Gasteiger partial charge >= 0.3 is 0 Å². The van der Waals surface area contributed by atoms with Gasteiger partial charge in [0.25, 0.3) is 0 Å². The molecule has 0 amide bonds. The summed E-state index contributed by atoms with van der Waals surface area (Å²) in [5.41, 5.74) is 5.07. The Morgan fingerprint density at radius 1 is 1.14 bits per heavy atom. The third kappa shape index (κ3) is 3.58. The fourth-order valence-corrected chi connectivity index (χ4v) is 3.05. The first-order chi connectivity index (χ1) is 10.1. The maximum Gasteiger partial charge on any atom is 0.122 e. The number of aryl methyl sites for hydroxylation is 2. The molecule has 0 aliphatic rings. The van der Waals surface area contributed by atoms with Crippen LogP contribution in [0.15, 0.2) is 36.4 Å². The van der Waals surface area contributed by atoms with Gasteiger partial charge in [-0.3, -0.25) is 0 Å². The van der Waals surface area contributed by atoms with E-state index < -0.39 is 0 Å². The quantitative estimate of drug-likeness (QED) is 0.880. The second-order valence-corrected chi connectivity index (χ2v) is 5.74. The fraction of sp³-hybridized carbons (Fsp3) is 0.333. The Kier molecular flexibility index (Phi) is 5.27. The van der Waals surface area contributed by atoms with Crippen LogP contribution in [0, 0.1) is 13.8 Å². The van der Waals surface area contributed by atoms with Crippen molar-refractivity contribution in [2.75, 3.05) is 14.2 Å². The summed E-state index contributed by atoms with van der Waals surface area (Å²) in [6.07, 6.45) is 0.839.